The lowest BCUT2D eigenvalue weighted by molar-refractivity contribution is 0.0295. The fourth-order valence-electron chi connectivity index (χ4n) is 2.09. The summed E-state index contributed by atoms with van der Waals surface area (Å²) in [6.07, 6.45) is 0.292. The molecule has 0 bridgehead atoms. The van der Waals surface area contributed by atoms with Crippen molar-refractivity contribution in [2.45, 2.75) is 26.1 Å². The molecule has 1 aromatic carbocycles. The molecule has 92 valence electrons. The number of carbonyl (C=O) groups excluding carboxylic acids is 1. The molecule has 2 N–H and O–H groups in total. The second kappa shape index (κ2) is 4.25. The Morgan fingerprint density at radius 3 is 2.88 bits per heavy atom. The number of phenols is 1. The summed E-state index contributed by atoms with van der Waals surface area (Å²) in [5.74, 6) is -0.692. The van der Waals surface area contributed by atoms with Crippen molar-refractivity contribution in [3.63, 3.8) is 0 Å². The summed E-state index contributed by atoms with van der Waals surface area (Å²) in [7, 11) is 1.37. The Morgan fingerprint density at radius 1 is 1.59 bits per heavy atom. The number of carbonyl (C=O) groups is 1. The Bertz CT molecular complexity index is 466. The molecule has 0 spiro atoms. The van der Waals surface area contributed by atoms with Gasteiger partial charge in [-0.15, -0.1) is 0 Å². The average Bonchev–Trinajstić information content (AvgIpc) is 2.27. The van der Waals surface area contributed by atoms with Crippen LogP contribution in [0.4, 0.5) is 0 Å². The number of esters is 1. The van der Waals surface area contributed by atoms with Gasteiger partial charge in [-0.1, -0.05) is 0 Å². The maximum absolute atomic E-state index is 11.7. The number of cyclic esters (lactones) is 1. The van der Waals surface area contributed by atoms with Crippen molar-refractivity contribution >= 4 is 5.97 Å². The minimum absolute atomic E-state index is 0.123. The molecule has 0 saturated carbocycles. The second-order valence-corrected chi connectivity index (χ2v) is 4.03. The van der Waals surface area contributed by atoms with Crippen LogP contribution in [0.5, 0.6) is 11.5 Å². The molecule has 0 unspecified atom stereocenters. The van der Waals surface area contributed by atoms with Crippen LogP contribution >= 0.6 is 0 Å². The van der Waals surface area contributed by atoms with Gasteiger partial charge in [-0.05, 0) is 18.6 Å². The van der Waals surface area contributed by atoms with Gasteiger partial charge in [0.2, 0.25) is 0 Å². The van der Waals surface area contributed by atoms with Gasteiger partial charge >= 0.3 is 5.97 Å². The van der Waals surface area contributed by atoms with Crippen molar-refractivity contribution in [2.24, 2.45) is 0 Å². The number of aliphatic hydroxyl groups is 1. The van der Waals surface area contributed by atoms with Gasteiger partial charge in [-0.3, -0.25) is 0 Å². The number of benzene rings is 1. The molecule has 5 heteroatoms. The van der Waals surface area contributed by atoms with Crippen molar-refractivity contribution in [3.8, 4) is 11.5 Å². The molecule has 1 atom stereocenters. The van der Waals surface area contributed by atoms with Crippen LogP contribution in [0.2, 0.25) is 0 Å². The fraction of sp³-hybridized carbons (Fsp3) is 0.417. The number of phenolic OH excluding ortho intramolecular Hbond substituents is 1. The third kappa shape index (κ3) is 1.82. The Balaban J connectivity index is 2.64. The van der Waals surface area contributed by atoms with Crippen molar-refractivity contribution < 1.29 is 24.5 Å². The largest absolute Gasteiger partial charge is 0.504 e. The van der Waals surface area contributed by atoms with E-state index in [4.69, 9.17) is 9.47 Å². The standard InChI is InChI=1S/C12H14O5/c1-6-3-7-4-8(5-13)11(16-2)10(14)9(7)12(15)17-6/h4,6,13-14H,3,5H2,1-2H3/t6-/m1/s1. The van der Waals surface area contributed by atoms with Crippen molar-refractivity contribution in [3.05, 3.63) is 22.8 Å². The van der Waals surface area contributed by atoms with Crippen LogP contribution in [0.15, 0.2) is 6.07 Å². The number of rotatable bonds is 2. The molecule has 1 aliphatic rings. The van der Waals surface area contributed by atoms with E-state index in [-0.39, 0.29) is 29.8 Å². The third-order valence-corrected chi connectivity index (χ3v) is 2.81. The van der Waals surface area contributed by atoms with Gasteiger partial charge in [-0.25, -0.2) is 4.79 Å². The highest BCUT2D eigenvalue weighted by molar-refractivity contribution is 5.96. The number of ether oxygens (including phenoxy) is 2. The molecule has 0 aromatic heterocycles. The first-order valence-corrected chi connectivity index (χ1v) is 5.32. The van der Waals surface area contributed by atoms with Gasteiger partial charge in [0, 0.05) is 12.0 Å². The first-order chi connectivity index (χ1) is 8.08. The van der Waals surface area contributed by atoms with Crippen LogP contribution < -0.4 is 4.74 Å². The van der Waals surface area contributed by atoms with E-state index >= 15 is 0 Å². The summed E-state index contributed by atoms with van der Waals surface area (Å²) in [6.45, 7) is 1.52. The minimum Gasteiger partial charge on any atom is -0.504 e. The number of fused-ring (bicyclic) bond motifs is 1. The van der Waals surface area contributed by atoms with Crippen LogP contribution in [0.1, 0.15) is 28.4 Å². The summed E-state index contributed by atoms with van der Waals surface area (Å²) >= 11 is 0. The van der Waals surface area contributed by atoms with Crippen molar-refractivity contribution in [1.82, 2.24) is 0 Å². The van der Waals surface area contributed by atoms with Gasteiger partial charge in [0.05, 0.1) is 13.7 Å². The molecular weight excluding hydrogens is 224 g/mol. The Morgan fingerprint density at radius 2 is 2.29 bits per heavy atom. The van der Waals surface area contributed by atoms with Crippen molar-refractivity contribution in [1.29, 1.82) is 0 Å². The molecule has 2 rings (SSSR count). The predicted molar refractivity (Wildman–Crippen MR) is 59.2 cm³/mol. The maximum atomic E-state index is 11.7. The van der Waals surface area contributed by atoms with Gasteiger partial charge in [0.1, 0.15) is 11.7 Å². The van der Waals surface area contributed by atoms with Gasteiger partial charge in [0.15, 0.2) is 11.5 Å². The maximum Gasteiger partial charge on any atom is 0.342 e. The second-order valence-electron chi connectivity index (χ2n) is 4.03. The third-order valence-electron chi connectivity index (χ3n) is 2.81. The first kappa shape index (κ1) is 11.7. The van der Waals surface area contributed by atoms with Crippen molar-refractivity contribution in [2.75, 3.05) is 7.11 Å². The summed E-state index contributed by atoms with van der Waals surface area (Å²) in [4.78, 5) is 11.7. The summed E-state index contributed by atoms with van der Waals surface area (Å²) in [6, 6.07) is 1.67. The van der Waals surface area contributed by atoms with Crippen LogP contribution in [0.25, 0.3) is 0 Å². The first-order valence-electron chi connectivity index (χ1n) is 5.32. The lowest BCUT2D eigenvalue weighted by Crippen LogP contribution is -2.25. The molecular formula is C12H14O5. The Kier molecular flexibility index (Phi) is 2.93. The van der Waals surface area contributed by atoms with E-state index in [1.165, 1.54) is 7.11 Å². The zero-order chi connectivity index (χ0) is 12.6. The van der Waals surface area contributed by atoms with Gasteiger partial charge in [-0.2, -0.15) is 0 Å². The Hall–Kier alpha value is -1.75. The van der Waals surface area contributed by atoms with Gasteiger partial charge < -0.3 is 19.7 Å². The molecule has 5 nitrogen and oxygen atoms in total. The normalized spacial score (nSPS) is 18.5. The van der Waals surface area contributed by atoms with E-state index in [9.17, 15) is 15.0 Å². The number of aliphatic hydroxyl groups excluding tert-OH is 1. The highest BCUT2D eigenvalue weighted by Gasteiger charge is 2.30. The summed E-state index contributed by atoms with van der Waals surface area (Å²) < 4.78 is 10.0. The summed E-state index contributed by atoms with van der Waals surface area (Å²) in [5, 5.41) is 19.2. The number of hydrogen-bond acceptors (Lipinski definition) is 5. The van der Waals surface area contributed by atoms with Gasteiger partial charge in [0.25, 0.3) is 0 Å². The van der Waals surface area contributed by atoms with Crippen LogP contribution in [-0.4, -0.2) is 29.4 Å². The number of hydrogen-bond donors (Lipinski definition) is 2. The Labute approximate surface area is 98.6 Å². The molecule has 1 aliphatic heterocycles. The zero-order valence-corrected chi connectivity index (χ0v) is 9.69. The molecule has 1 aromatic rings. The molecule has 0 aliphatic carbocycles. The highest BCUT2D eigenvalue weighted by Crippen LogP contribution is 2.39. The quantitative estimate of drug-likeness (QED) is 0.751. The van der Waals surface area contributed by atoms with E-state index in [0.29, 0.717) is 17.5 Å². The van der Waals surface area contributed by atoms with Crippen LogP contribution in [0, 0.1) is 0 Å². The van der Waals surface area contributed by atoms with E-state index in [1.54, 1.807) is 13.0 Å². The fourth-order valence-corrected chi connectivity index (χ4v) is 2.09. The van der Waals surface area contributed by atoms with E-state index in [0.717, 1.165) is 0 Å². The van der Waals surface area contributed by atoms with Crippen LogP contribution in [0.3, 0.4) is 0 Å². The monoisotopic (exact) mass is 238 g/mol. The zero-order valence-electron chi connectivity index (χ0n) is 9.69. The van der Waals surface area contributed by atoms with E-state index < -0.39 is 5.97 Å². The topological polar surface area (TPSA) is 76.0 Å². The molecule has 0 radical (unpaired) electrons. The highest BCUT2D eigenvalue weighted by atomic mass is 16.5. The lowest BCUT2D eigenvalue weighted by Gasteiger charge is -2.24. The summed E-state index contributed by atoms with van der Waals surface area (Å²) in [5.41, 5.74) is 1.28. The minimum atomic E-state index is -0.556. The smallest absolute Gasteiger partial charge is 0.342 e. The average molecular weight is 238 g/mol. The number of aromatic hydroxyl groups is 1. The molecule has 0 fully saturated rings. The molecule has 0 saturated heterocycles. The van der Waals surface area contributed by atoms with E-state index in [2.05, 4.69) is 0 Å². The molecule has 0 amide bonds. The van der Waals surface area contributed by atoms with Crippen LogP contribution in [-0.2, 0) is 17.8 Å². The number of methoxy groups -OCH3 is 1. The predicted octanol–water partition coefficient (Wildman–Crippen LogP) is 0.994. The molecule has 1 heterocycles. The SMILES string of the molecule is COc1c(CO)cc2c(c1O)C(=O)O[C@H](C)C2. The lowest BCUT2D eigenvalue weighted by atomic mass is 9.95. The van der Waals surface area contributed by atoms with E-state index in [1.807, 2.05) is 0 Å². The molecule has 17 heavy (non-hydrogen) atoms.